The zero-order valence-corrected chi connectivity index (χ0v) is 12.3. The molecule has 20 heavy (non-hydrogen) atoms. The smallest absolute Gasteiger partial charge is 0.263 e. The highest BCUT2D eigenvalue weighted by atomic mass is 19.3. The molecule has 0 aliphatic carbocycles. The number of hydrogen-bond acceptors (Lipinski definition) is 2. The molecule has 0 aromatic heterocycles. The minimum absolute atomic E-state index is 0.132. The van der Waals surface area contributed by atoms with Crippen molar-refractivity contribution in [2.75, 3.05) is 26.7 Å². The number of benzene rings is 1. The van der Waals surface area contributed by atoms with Gasteiger partial charge in [0.2, 0.25) is 0 Å². The highest BCUT2D eigenvalue weighted by Crippen LogP contribution is 2.36. The molecule has 0 bridgehead atoms. The predicted octanol–water partition coefficient (Wildman–Crippen LogP) is 3.62. The summed E-state index contributed by atoms with van der Waals surface area (Å²) in [5.41, 5.74) is 1.16. The van der Waals surface area contributed by atoms with Crippen molar-refractivity contribution in [3.8, 4) is 0 Å². The third kappa shape index (κ3) is 3.36. The van der Waals surface area contributed by atoms with Crippen LogP contribution in [0.4, 0.5) is 8.78 Å². The summed E-state index contributed by atoms with van der Waals surface area (Å²) in [6.45, 7) is 5.09. The Morgan fingerprint density at radius 2 is 2.20 bits per heavy atom. The molecule has 0 amide bonds. The van der Waals surface area contributed by atoms with E-state index in [1.165, 1.54) is 12.5 Å². The summed E-state index contributed by atoms with van der Waals surface area (Å²) in [6, 6.07) is 7.20. The zero-order valence-electron chi connectivity index (χ0n) is 12.3. The van der Waals surface area contributed by atoms with E-state index < -0.39 is 6.43 Å². The molecular formula is C16H24F2N2. The van der Waals surface area contributed by atoms with E-state index in [2.05, 4.69) is 17.1 Å². The van der Waals surface area contributed by atoms with Crippen molar-refractivity contribution in [2.45, 2.75) is 32.2 Å². The lowest BCUT2D eigenvalue weighted by molar-refractivity contribution is 0.0975. The summed E-state index contributed by atoms with van der Waals surface area (Å²) < 4.78 is 25.8. The molecule has 1 aliphatic heterocycles. The maximum Gasteiger partial charge on any atom is 0.263 e. The van der Waals surface area contributed by atoms with E-state index in [0.717, 1.165) is 31.6 Å². The van der Waals surface area contributed by atoms with Crippen LogP contribution in [0.5, 0.6) is 0 Å². The molecule has 2 atom stereocenters. The Bertz CT molecular complexity index is 421. The average molecular weight is 282 g/mol. The SMILES string of the molecule is CCN1CCCC(CNC)C1c1cccc(C(F)F)c1. The summed E-state index contributed by atoms with van der Waals surface area (Å²) in [7, 11) is 1.96. The molecule has 2 nitrogen and oxygen atoms in total. The molecule has 2 rings (SSSR count). The first kappa shape index (κ1) is 15.4. The third-order valence-electron chi connectivity index (χ3n) is 4.24. The van der Waals surface area contributed by atoms with Crippen molar-refractivity contribution < 1.29 is 8.78 Å². The van der Waals surface area contributed by atoms with Crippen LogP contribution < -0.4 is 5.32 Å². The van der Waals surface area contributed by atoms with Gasteiger partial charge in [-0.25, -0.2) is 8.78 Å². The molecule has 4 heteroatoms. The normalized spacial score (nSPS) is 24.2. The fourth-order valence-corrected chi connectivity index (χ4v) is 3.34. The molecular weight excluding hydrogens is 258 g/mol. The van der Waals surface area contributed by atoms with E-state index in [0.29, 0.717) is 5.92 Å². The van der Waals surface area contributed by atoms with E-state index in [4.69, 9.17) is 0 Å². The monoisotopic (exact) mass is 282 g/mol. The van der Waals surface area contributed by atoms with Crippen LogP contribution in [0.2, 0.25) is 0 Å². The Balaban J connectivity index is 2.30. The van der Waals surface area contributed by atoms with Crippen LogP contribution >= 0.6 is 0 Å². The minimum atomic E-state index is -2.39. The molecule has 1 aromatic carbocycles. The van der Waals surface area contributed by atoms with E-state index in [-0.39, 0.29) is 11.6 Å². The fraction of sp³-hybridized carbons (Fsp3) is 0.625. The van der Waals surface area contributed by atoms with Gasteiger partial charge in [-0.05, 0) is 57.1 Å². The second-order valence-corrected chi connectivity index (χ2v) is 5.50. The van der Waals surface area contributed by atoms with Gasteiger partial charge in [0.15, 0.2) is 0 Å². The van der Waals surface area contributed by atoms with Crippen LogP contribution in [-0.4, -0.2) is 31.6 Å². The minimum Gasteiger partial charge on any atom is -0.319 e. The quantitative estimate of drug-likeness (QED) is 0.887. The van der Waals surface area contributed by atoms with Gasteiger partial charge in [0.1, 0.15) is 0 Å². The standard InChI is InChI=1S/C16H24F2N2/c1-3-20-9-5-8-14(11-19-2)15(20)12-6-4-7-13(10-12)16(17)18/h4,6-7,10,14-16,19H,3,5,8-9,11H2,1-2H3. The second-order valence-electron chi connectivity index (χ2n) is 5.50. The number of hydrogen-bond donors (Lipinski definition) is 1. The molecule has 0 saturated carbocycles. The number of nitrogens with zero attached hydrogens (tertiary/aromatic N) is 1. The maximum atomic E-state index is 12.9. The van der Waals surface area contributed by atoms with Crippen LogP contribution in [0.3, 0.4) is 0 Å². The predicted molar refractivity (Wildman–Crippen MR) is 78.0 cm³/mol. The van der Waals surface area contributed by atoms with Gasteiger partial charge < -0.3 is 5.32 Å². The Kier molecular flexibility index (Phi) is 5.49. The first-order valence-electron chi connectivity index (χ1n) is 7.44. The van der Waals surface area contributed by atoms with Crippen LogP contribution in [0.25, 0.3) is 0 Å². The van der Waals surface area contributed by atoms with Gasteiger partial charge in [0.05, 0.1) is 0 Å². The van der Waals surface area contributed by atoms with E-state index in [1.807, 2.05) is 13.1 Å². The number of rotatable bonds is 5. The summed E-state index contributed by atoms with van der Waals surface area (Å²) in [5.74, 6) is 0.488. The Hall–Kier alpha value is -1.00. The van der Waals surface area contributed by atoms with Crippen molar-refractivity contribution in [1.29, 1.82) is 0 Å². The van der Waals surface area contributed by atoms with Crippen molar-refractivity contribution in [1.82, 2.24) is 10.2 Å². The fourth-order valence-electron chi connectivity index (χ4n) is 3.34. The first-order valence-corrected chi connectivity index (χ1v) is 7.44. The highest BCUT2D eigenvalue weighted by molar-refractivity contribution is 5.28. The summed E-state index contributed by atoms with van der Waals surface area (Å²) in [4.78, 5) is 2.41. The number of piperidine rings is 1. The topological polar surface area (TPSA) is 15.3 Å². The van der Waals surface area contributed by atoms with Crippen molar-refractivity contribution in [2.24, 2.45) is 5.92 Å². The Morgan fingerprint density at radius 3 is 2.85 bits per heavy atom. The Labute approximate surface area is 120 Å². The van der Waals surface area contributed by atoms with Crippen molar-refractivity contribution >= 4 is 0 Å². The zero-order chi connectivity index (χ0) is 14.5. The van der Waals surface area contributed by atoms with Gasteiger partial charge in [0.25, 0.3) is 6.43 Å². The van der Waals surface area contributed by atoms with Crippen LogP contribution in [-0.2, 0) is 0 Å². The largest absolute Gasteiger partial charge is 0.319 e. The van der Waals surface area contributed by atoms with Gasteiger partial charge in [0, 0.05) is 11.6 Å². The van der Waals surface area contributed by atoms with Crippen LogP contribution in [0, 0.1) is 5.92 Å². The third-order valence-corrected chi connectivity index (χ3v) is 4.24. The summed E-state index contributed by atoms with van der Waals surface area (Å²) >= 11 is 0. The maximum absolute atomic E-state index is 12.9. The van der Waals surface area contributed by atoms with Crippen LogP contribution in [0.15, 0.2) is 24.3 Å². The van der Waals surface area contributed by atoms with Gasteiger partial charge >= 0.3 is 0 Å². The van der Waals surface area contributed by atoms with Crippen LogP contribution in [0.1, 0.15) is 43.4 Å². The second kappa shape index (κ2) is 7.14. The molecule has 1 aromatic rings. The highest BCUT2D eigenvalue weighted by Gasteiger charge is 2.31. The molecule has 1 fully saturated rings. The van der Waals surface area contributed by atoms with E-state index >= 15 is 0 Å². The first-order chi connectivity index (χ1) is 9.67. The lowest BCUT2D eigenvalue weighted by Crippen LogP contribution is -2.42. The summed E-state index contributed by atoms with van der Waals surface area (Å²) in [6.07, 6.45) is -0.0528. The lowest BCUT2D eigenvalue weighted by Gasteiger charge is -2.41. The van der Waals surface area contributed by atoms with Gasteiger partial charge in [-0.1, -0.05) is 25.1 Å². The lowest BCUT2D eigenvalue weighted by atomic mass is 9.84. The summed E-state index contributed by atoms with van der Waals surface area (Å²) in [5, 5.41) is 3.24. The molecule has 1 aliphatic rings. The number of alkyl halides is 2. The molecule has 1 N–H and O–H groups in total. The molecule has 2 unspecified atom stereocenters. The van der Waals surface area contributed by atoms with Gasteiger partial charge in [-0.15, -0.1) is 0 Å². The molecule has 112 valence electrons. The van der Waals surface area contributed by atoms with E-state index in [9.17, 15) is 8.78 Å². The van der Waals surface area contributed by atoms with E-state index in [1.54, 1.807) is 12.1 Å². The van der Waals surface area contributed by atoms with Crippen molar-refractivity contribution in [3.63, 3.8) is 0 Å². The number of likely N-dealkylation sites (tertiary alicyclic amines) is 1. The molecule has 0 radical (unpaired) electrons. The Morgan fingerprint density at radius 1 is 1.40 bits per heavy atom. The average Bonchev–Trinajstić information content (AvgIpc) is 2.47. The molecule has 1 heterocycles. The number of halogens is 2. The molecule has 1 saturated heterocycles. The molecule has 0 spiro atoms. The van der Waals surface area contributed by atoms with Gasteiger partial charge in [-0.3, -0.25) is 4.90 Å². The van der Waals surface area contributed by atoms with Crippen molar-refractivity contribution in [3.05, 3.63) is 35.4 Å². The van der Waals surface area contributed by atoms with Gasteiger partial charge in [-0.2, -0.15) is 0 Å². The number of nitrogens with one attached hydrogen (secondary N) is 1.